The van der Waals surface area contributed by atoms with Crippen LogP contribution in [0.15, 0.2) is 12.1 Å². The first kappa shape index (κ1) is 18.3. The quantitative estimate of drug-likeness (QED) is 0.566. The van der Waals surface area contributed by atoms with Gasteiger partial charge in [-0.1, -0.05) is 12.1 Å². The second-order valence-electron chi connectivity index (χ2n) is 5.08. The number of nitrogens with one attached hydrogen (secondary N) is 2. The largest absolute Gasteiger partial charge is 0.483 e. The number of hydrogen-bond donors (Lipinski definition) is 2. The first-order valence-electron chi connectivity index (χ1n) is 7.24. The number of hydrogen-bond acceptors (Lipinski definition) is 3. The standard InChI is InChI=1S/C16H23ClN2O3/c1-11-4-5-12(2)16(13(11)3)22-10-15(21)19-9-8-18-14(20)6-7-17/h4-5H,6-10H2,1-3H3,(H,18,20)(H,19,21). The van der Waals surface area contributed by atoms with Crippen LogP contribution < -0.4 is 15.4 Å². The van der Waals surface area contributed by atoms with Crippen LogP contribution in [0.1, 0.15) is 23.1 Å². The van der Waals surface area contributed by atoms with Crippen molar-refractivity contribution in [2.45, 2.75) is 27.2 Å². The van der Waals surface area contributed by atoms with E-state index in [9.17, 15) is 9.59 Å². The molecule has 0 fully saturated rings. The molecule has 22 heavy (non-hydrogen) atoms. The third-order valence-electron chi connectivity index (χ3n) is 3.31. The predicted octanol–water partition coefficient (Wildman–Crippen LogP) is 1.85. The average molecular weight is 327 g/mol. The summed E-state index contributed by atoms with van der Waals surface area (Å²) < 4.78 is 5.61. The van der Waals surface area contributed by atoms with Gasteiger partial charge in [0, 0.05) is 25.4 Å². The number of carbonyl (C=O) groups excluding carboxylic acids is 2. The van der Waals surface area contributed by atoms with Crippen molar-refractivity contribution in [1.82, 2.24) is 10.6 Å². The zero-order valence-electron chi connectivity index (χ0n) is 13.3. The summed E-state index contributed by atoms with van der Waals surface area (Å²) in [6, 6.07) is 4.00. The molecule has 0 saturated carbocycles. The molecule has 0 bridgehead atoms. The summed E-state index contributed by atoms with van der Waals surface area (Å²) >= 11 is 5.45. The van der Waals surface area contributed by atoms with Crippen LogP contribution in [-0.4, -0.2) is 37.4 Å². The Morgan fingerprint density at radius 1 is 1.05 bits per heavy atom. The van der Waals surface area contributed by atoms with Crippen LogP contribution in [0.2, 0.25) is 0 Å². The van der Waals surface area contributed by atoms with Crippen LogP contribution in [-0.2, 0) is 9.59 Å². The molecule has 1 aromatic rings. The highest BCUT2D eigenvalue weighted by Crippen LogP contribution is 2.25. The Morgan fingerprint density at radius 2 is 1.64 bits per heavy atom. The van der Waals surface area contributed by atoms with E-state index in [1.807, 2.05) is 32.9 Å². The van der Waals surface area contributed by atoms with Gasteiger partial charge >= 0.3 is 0 Å². The third-order valence-corrected chi connectivity index (χ3v) is 3.50. The molecule has 0 spiro atoms. The van der Waals surface area contributed by atoms with E-state index in [0.717, 1.165) is 22.4 Å². The highest BCUT2D eigenvalue weighted by Gasteiger charge is 2.09. The zero-order chi connectivity index (χ0) is 16.5. The summed E-state index contributed by atoms with van der Waals surface area (Å²) in [6.07, 6.45) is 0.282. The number of alkyl halides is 1. The maximum Gasteiger partial charge on any atom is 0.258 e. The lowest BCUT2D eigenvalue weighted by Gasteiger charge is -2.14. The van der Waals surface area contributed by atoms with Crippen LogP contribution in [0.3, 0.4) is 0 Å². The Hall–Kier alpha value is -1.75. The highest BCUT2D eigenvalue weighted by molar-refractivity contribution is 6.18. The topological polar surface area (TPSA) is 67.4 Å². The molecule has 0 aromatic heterocycles. The summed E-state index contributed by atoms with van der Waals surface area (Å²) in [6.45, 7) is 6.63. The van der Waals surface area contributed by atoms with Gasteiger partial charge in [-0.05, 0) is 37.5 Å². The molecule has 1 rings (SSSR count). The molecule has 2 amide bonds. The number of benzene rings is 1. The van der Waals surface area contributed by atoms with E-state index in [4.69, 9.17) is 16.3 Å². The number of ether oxygens (including phenoxy) is 1. The SMILES string of the molecule is Cc1ccc(C)c(OCC(=O)NCCNC(=O)CCCl)c1C. The normalized spacial score (nSPS) is 10.2. The molecule has 0 aliphatic carbocycles. The molecule has 0 heterocycles. The first-order chi connectivity index (χ1) is 10.5. The monoisotopic (exact) mass is 326 g/mol. The molecule has 1 aromatic carbocycles. The van der Waals surface area contributed by atoms with Gasteiger partial charge in [0.25, 0.3) is 5.91 Å². The minimum atomic E-state index is -0.216. The fourth-order valence-electron chi connectivity index (χ4n) is 1.91. The van der Waals surface area contributed by atoms with E-state index in [-0.39, 0.29) is 24.8 Å². The van der Waals surface area contributed by atoms with Gasteiger partial charge in [0.15, 0.2) is 6.61 Å². The summed E-state index contributed by atoms with van der Waals surface area (Å²) in [4.78, 5) is 22.9. The summed E-state index contributed by atoms with van der Waals surface area (Å²) in [7, 11) is 0. The Bertz CT molecular complexity index is 532. The van der Waals surface area contributed by atoms with Crippen molar-refractivity contribution in [2.24, 2.45) is 0 Å². The Kier molecular flexibility index (Phi) is 7.74. The maximum atomic E-state index is 11.7. The highest BCUT2D eigenvalue weighted by atomic mass is 35.5. The molecular weight excluding hydrogens is 304 g/mol. The van der Waals surface area contributed by atoms with Crippen molar-refractivity contribution in [3.63, 3.8) is 0 Å². The lowest BCUT2D eigenvalue weighted by molar-refractivity contribution is -0.124. The van der Waals surface area contributed by atoms with E-state index in [1.165, 1.54) is 0 Å². The Labute approximate surface area is 136 Å². The van der Waals surface area contributed by atoms with Crippen LogP contribution in [0.4, 0.5) is 0 Å². The van der Waals surface area contributed by atoms with Crippen molar-refractivity contribution < 1.29 is 14.3 Å². The molecule has 0 aliphatic heterocycles. The van der Waals surface area contributed by atoms with E-state index >= 15 is 0 Å². The van der Waals surface area contributed by atoms with Gasteiger partial charge in [-0.25, -0.2) is 0 Å². The number of amides is 2. The van der Waals surface area contributed by atoms with E-state index in [1.54, 1.807) is 0 Å². The molecule has 5 nitrogen and oxygen atoms in total. The molecule has 6 heteroatoms. The number of rotatable bonds is 8. The van der Waals surface area contributed by atoms with Crippen LogP contribution in [0, 0.1) is 20.8 Å². The van der Waals surface area contributed by atoms with Gasteiger partial charge in [-0.3, -0.25) is 9.59 Å². The molecular formula is C16H23ClN2O3. The van der Waals surface area contributed by atoms with Gasteiger partial charge < -0.3 is 15.4 Å². The second kappa shape index (κ2) is 9.30. The molecule has 0 atom stereocenters. The molecule has 0 saturated heterocycles. The first-order valence-corrected chi connectivity index (χ1v) is 7.78. The van der Waals surface area contributed by atoms with E-state index < -0.39 is 0 Å². The number of carbonyl (C=O) groups is 2. The molecule has 2 N–H and O–H groups in total. The van der Waals surface area contributed by atoms with Gasteiger partial charge in [-0.2, -0.15) is 0 Å². The third kappa shape index (κ3) is 5.93. The fraction of sp³-hybridized carbons (Fsp3) is 0.500. The van der Waals surface area contributed by atoms with Crippen molar-refractivity contribution in [1.29, 1.82) is 0 Å². The van der Waals surface area contributed by atoms with Crippen LogP contribution in [0.5, 0.6) is 5.75 Å². The Balaban J connectivity index is 2.32. The lowest BCUT2D eigenvalue weighted by atomic mass is 10.1. The predicted molar refractivity (Wildman–Crippen MR) is 87.5 cm³/mol. The van der Waals surface area contributed by atoms with Gasteiger partial charge in [0.2, 0.25) is 5.91 Å². The van der Waals surface area contributed by atoms with Crippen LogP contribution >= 0.6 is 11.6 Å². The van der Waals surface area contributed by atoms with E-state index in [0.29, 0.717) is 19.0 Å². The lowest BCUT2D eigenvalue weighted by Crippen LogP contribution is -2.36. The van der Waals surface area contributed by atoms with E-state index in [2.05, 4.69) is 10.6 Å². The van der Waals surface area contributed by atoms with Crippen molar-refractivity contribution in [3.05, 3.63) is 28.8 Å². The molecule has 0 unspecified atom stereocenters. The second-order valence-corrected chi connectivity index (χ2v) is 5.46. The summed E-state index contributed by atoms with van der Waals surface area (Å²) in [5.41, 5.74) is 3.17. The molecule has 0 aliphatic rings. The van der Waals surface area contributed by atoms with Crippen LogP contribution in [0.25, 0.3) is 0 Å². The van der Waals surface area contributed by atoms with Crippen molar-refractivity contribution >= 4 is 23.4 Å². The minimum Gasteiger partial charge on any atom is -0.483 e. The molecule has 122 valence electrons. The van der Waals surface area contributed by atoms with Gasteiger partial charge in [-0.15, -0.1) is 11.6 Å². The summed E-state index contributed by atoms with van der Waals surface area (Å²) in [5, 5.41) is 5.35. The van der Waals surface area contributed by atoms with Crippen molar-refractivity contribution in [3.8, 4) is 5.75 Å². The molecule has 0 radical (unpaired) electrons. The minimum absolute atomic E-state index is 0.0409. The average Bonchev–Trinajstić information content (AvgIpc) is 2.48. The Morgan fingerprint density at radius 3 is 2.27 bits per heavy atom. The number of halogens is 1. The van der Waals surface area contributed by atoms with Gasteiger partial charge in [0.05, 0.1) is 0 Å². The summed E-state index contributed by atoms with van der Waals surface area (Å²) in [5.74, 6) is 0.713. The maximum absolute atomic E-state index is 11.7. The smallest absolute Gasteiger partial charge is 0.258 e. The van der Waals surface area contributed by atoms with Gasteiger partial charge in [0.1, 0.15) is 5.75 Å². The fourth-order valence-corrected chi connectivity index (χ4v) is 2.09. The number of aryl methyl sites for hydroxylation is 2. The zero-order valence-corrected chi connectivity index (χ0v) is 14.0. The van der Waals surface area contributed by atoms with Crippen molar-refractivity contribution in [2.75, 3.05) is 25.6 Å².